The van der Waals surface area contributed by atoms with Gasteiger partial charge in [-0.05, 0) is 17.7 Å². The minimum Gasteiger partial charge on any atom is -0.748 e. The van der Waals surface area contributed by atoms with Crippen LogP contribution in [0.2, 0.25) is 0 Å². The molecule has 0 fully saturated rings. The zero-order valence-corrected chi connectivity index (χ0v) is 10.4. The van der Waals surface area contributed by atoms with Crippen molar-refractivity contribution < 1.29 is 42.5 Å². The number of rotatable bonds is 2. The smallest absolute Gasteiger partial charge is 0.748 e. The Bertz CT molecular complexity index is 433. The molecule has 0 heterocycles. The molecular formula is C8H6NNaO3S. The molecule has 0 saturated carbocycles. The maximum absolute atomic E-state index is 10.3. The third kappa shape index (κ3) is 4.74. The Morgan fingerprint density at radius 1 is 1.29 bits per heavy atom. The molecule has 0 aromatic heterocycles. The maximum atomic E-state index is 10.3. The van der Waals surface area contributed by atoms with Crippen LogP contribution in [-0.4, -0.2) is 13.0 Å². The van der Waals surface area contributed by atoms with E-state index in [1.165, 1.54) is 24.3 Å². The van der Waals surface area contributed by atoms with Gasteiger partial charge in [0.1, 0.15) is 0 Å². The van der Waals surface area contributed by atoms with E-state index in [0.29, 0.717) is 11.1 Å². The van der Waals surface area contributed by atoms with Crippen molar-refractivity contribution in [3.05, 3.63) is 35.4 Å². The SMILES string of the molecule is N#Cc1ccc(CS(=O)(=O)[O-])cc1.[Na+]. The van der Waals surface area contributed by atoms with Crippen LogP contribution >= 0.6 is 0 Å². The molecule has 68 valence electrons. The van der Waals surface area contributed by atoms with Crippen LogP contribution in [-0.2, 0) is 15.9 Å². The molecule has 0 bridgehead atoms. The van der Waals surface area contributed by atoms with Gasteiger partial charge in [-0.15, -0.1) is 0 Å². The molecule has 0 aliphatic rings. The topological polar surface area (TPSA) is 81.0 Å². The molecule has 0 amide bonds. The summed E-state index contributed by atoms with van der Waals surface area (Å²) in [6.45, 7) is 0. The quantitative estimate of drug-likeness (QED) is 0.410. The number of hydrogen-bond acceptors (Lipinski definition) is 4. The van der Waals surface area contributed by atoms with Gasteiger partial charge in [0.05, 0.1) is 27.5 Å². The third-order valence-corrected chi connectivity index (χ3v) is 2.11. The maximum Gasteiger partial charge on any atom is 1.00 e. The van der Waals surface area contributed by atoms with Crippen molar-refractivity contribution in [2.45, 2.75) is 5.75 Å². The Labute approximate surface area is 105 Å². The predicted molar refractivity (Wildman–Crippen MR) is 44.6 cm³/mol. The molecule has 6 heteroatoms. The Hall–Kier alpha value is -0.380. The fourth-order valence-corrected chi connectivity index (χ4v) is 1.48. The van der Waals surface area contributed by atoms with Crippen LogP contribution in [0.25, 0.3) is 0 Å². The van der Waals surface area contributed by atoms with Gasteiger partial charge >= 0.3 is 29.6 Å². The standard InChI is InChI=1S/C8H7NO3S.Na/c9-5-7-1-3-8(4-2-7)6-13(10,11)12;/h1-4H,6H2,(H,10,11,12);/q;+1/p-1. The Morgan fingerprint density at radius 3 is 2.14 bits per heavy atom. The van der Waals surface area contributed by atoms with Crippen molar-refractivity contribution in [1.29, 1.82) is 5.26 Å². The number of nitrogens with zero attached hydrogens (tertiary/aromatic N) is 1. The zero-order valence-electron chi connectivity index (χ0n) is 7.60. The van der Waals surface area contributed by atoms with Crippen molar-refractivity contribution in [2.75, 3.05) is 0 Å². The van der Waals surface area contributed by atoms with E-state index < -0.39 is 15.9 Å². The van der Waals surface area contributed by atoms with Gasteiger partial charge in [0.2, 0.25) is 0 Å². The van der Waals surface area contributed by atoms with Crippen molar-refractivity contribution in [3.8, 4) is 6.07 Å². The van der Waals surface area contributed by atoms with Gasteiger partial charge in [-0.3, -0.25) is 0 Å². The monoisotopic (exact) mass is 219 g/mol. The molecule has 0 N–H and O–H groups in total. The van der Waals surface area contributed by atoms with E-state index in [-0.39, 0.29) is 29.6 Å². The van der Waals surface area contributed by atoms with E-state index in [9.17, 15) is 13.0 Å². The third-order valence-electron chi connectivity index (χ3n) is 1.43. The molecular weight excluding hydrogens is 213 g/mol. The molecule has 14 heavy (non-hydrogen) atoms. The van der Waals surface area contributed by atoms with Gasteiger partial charge in [-0.2, -0.15) is 5.26 Å². The molecule has 0 spiro atoms. The summed E-state index contributed by atoms with van der Waals surface area (Å²) >= 11 is 0. The van der Waals surface area contributed by atoms with Crippen LogP contribution in [0.3, 0.4) is 0 Å². The summed E-state index contributed by atoms with van der Waals surface area (Å²) in [5.74, 6) is -0.529. The van der Waals surface area contributed by atoms with Crippen LogP contribution in [0, 0.1) is 11.3 Å². The second-order valence-corrected chi connectivity index (χ2v) is 3.91. The van der Waals surface area contributed by atoms with E-state index in [2.05, 4.69) is 0 Å². The van der Waals surface area contributed by atoms with E-state index in [1.807, 2.05) is 6.07 Å². The summed E-state index contributed by atoms with van der Waals surface area (Å²) in [6, 6.07) is 7.74. The number of hydrogen-bond donors (Lipinski definition) is 0. The predicted octanol–water partition coefficient (Wildman–Crippen LogP) is -2.39. The first kappa shape index (κ1) is 13.6. The molecule has 1 rings (SSSR count). The number of nitriles is 1. The summed E-state index contributed by atoms with van der Waals surface area (Å²) in [7, 11) is -4.23. The molecule has 1 aromatic rings. The normalized spacial score (nSPS) is 10.0. The second kappa shape index (κ2) is 5.49. The van der Waals surface area contributed by atoms with Crippen LogP contribution in [0.5, 0.6) is 0 Å². The molecule has 1 aromatic carbocycles. The van der Waals surface area contributed by atoms with Crippen molar-refractivity contribution in [3.63, 3.8) is 0 Å². The van der Waals surface area contributed by atoms with Crippen LogP contribution < -0.4 is 29.6 Å². The summed E-state index contributed by atoms with van der Waals surface area (Å²) < 4.78 is 31.0. The molecule has 0 aliphatic carbocycles. The average molecular weight is 219 g/mol. The fourth-order valence-electron chi connectivity index (χ4n) is 0.880. The Morgan fingerprint density at radius 2 is 1.79 bits per heavy atom. The summed E-state index contributed by atoms with van der Waals surface area (Å²) in [4.78, 5) is 0. The Balaban J connectivity index is 0.00000169. The fraction of sp³-hybridized carbons (Fsp3) is 0.125. The average Bonchev–Trinajstić information content (AvgIpc) is 2.03. The first-order valence-corrected chi connectivity index (χ1v) is 5.01. The minimum atomic E-state index is -4.23. The number of benzene rings is 1. The first-order chi connectivity index (χ1) is 6.01. The second-order valence-electron chi connectivity index (χ2n) is 2.51. The van der Waals surface area contributed by atoms with Gasteiger partial charge in [0.25, 0.3) is 0 Å². The molecule has 0 unspecified atom stereocenters. The van der Waals surface area contributed by atoms with Gasteiger partial charge < -0.3 is 4.55 Å². The summed E-state index contributed by atoms with van der Waals surface area (Å²) in [5, 5.41) is 8.43. The van der Waals surface area contributed by atoms with Crippen LogP contribution in [0.1, 0.15) is 11.1 Å². The molecule has 0 saturated heterocycles. The molecule has 0 aliphatic heterocycles. The summed E-state index contributed by atoms with van der Waals surface area (Å²) in [6.07, 6.45) is 0. The summed E-state index contributed by atoms with van der Waals surface area (Å²) in [5.41, 5.74) is 0.834. The van der Waals surface area contributed by atoms with E-state index in [4.69, 9.17) is 5.26 Å². The van der Waals surface area contributed by atoms with Crippen molar-refractivity contribution in [2.24, 2.45) is 0 Å². The molecule has 4 nitrogen and oxygen atoms in total. The van der Waals surface area contributed by atoms with Crippen molar-refractivity contribution >= 4 is 10.1 Å². The molecule has 0 radical (unpaired) electrons. The van der Waals surface area contributed by atoms with Gasteiger partial charge in [-0.1, -0.05) is 12.1 Å². The van der Waals surface area contributed by atoms with Crippen LogP contribution in [0.4, 0.5) is 0 Å². The van der Waals surface area contributed by atoms with Gasteiger partial charge in [0, 0.05) is 0 Å². The minimum absolute atomic E-state index is 0. The first-order valence-electron chi connectivity index (χ1n) is 3.44. The molecule has 0 atom stereocenters. The largest absolute Gasteiger partial charge is 1.00 e. The van der Waals surface area contributed by atoms with E-state index in [0.717, 1.165) is 0 Å². The van der Waals surface area contributed by atoms with Gasteiger partial charge in [-0.25, -0.2) is 8.42 Å². The van der Waals surface area contributed by atoms with Gasteiger partial charge in [0.15, 0.2) is 0 Å². The van der Waals surface area contributed by atoms with Crippen molar-refractivity contribution in [1.82, 2.24) is 0 Å². The Kier molecular flexibility index (Phi) is 5.34. The zero-order chi connectivity index (χ0) is 9.90. The van der Waals surface area contributed by atoms with Crippen LogP contribution in [0.15, 0.2) is 24.3 Å². The van der Waals surface area contributed by atoms with E-state index >= 15 is 0 Å². The van der Waals surface area contributed by atoms with E-state index in [1.54, 1.807) is 0 Å².